The second kappa shape index (κ2) is 3.23. The summed E-state index contributed by atoms with van der Waals surface area (Å²) >= 11 is 5.69. The summed E-state index contributed by atoms with van der Waals surface area (Å²) in [5, 5.41) is 0. The molecule has 2 saturated heterocycles. The number of likely N-dealkylation sites (tertiary alicyclic amines) is 1. The molecule has 0 N–H and O–H groups in total. The van der Waals surface area contributed by atoms with Crippen LogP contribution in [0.1, 0.15) is 6.42 Å². The largest absolute Gasteiger partial charge is 0.377 e. The molecule has 2 aliphatic rings. The van der Waals surface area contributed by atoms with Crippen LogP contribution in [-0.2, 0) is 9.53 Å². The van der Waals surface area contributed by atoms with Crippen molar-refractivity contribution in [2.24, 2.45) is 5.92 Å². The molecule has 4 heteroatoms. The van der Waals surface area contributed by atoms with Crippen molar-refractivity contribution in [2.75, 3.05) is 25.6 Å². The van der Waals surface area contributed by atoms with E-state index in [1.54, 1.807) is 0 Å². The Hall–Kier alpha value is -0.280. The van der Waals surface area contributed by atoms with E-state index in [1.807, 2.05) is 4.90 Å². The van der Waals surface area contributed by atoms with E-state index in [-0.39, 0.29) is 5.91 Å². The number of hydrogen-bond acceptors (Lipinski definition) is 2. The highest BCUT2D eigenvalue weighted by atomic mass is 35.5. The van der Waals surface area contributed by atoms with Gasteiger partial charge in [-0.3, -0.25) is 4.79 Å². The standard InChI is InChI=1S/C8H12ClNO2/c9-2-6-1-8(11)10(3-6)7-4-12-5-7/h6-7H,1-5H2. The summed E-state index contributed by atoms with van der Waals surface area (Å²) in [6, 6.07) is 0.339. The minimum atomic E-state index is 0.244. The van der Waals surface area contributed by atoms with Crippen LogP contribution in [0.2, 0.25) is 0 Å². The predicted octanol–water partition coefficient (Wildman–Crippen LogP) is 0.472. The van der Waals surface area contributed by atoms with Crippen LogP contribution in [0.15, 0.2) is 0 Å². The Morgan fingerprint density at radius 3 is 2.75 bits per heavy atom. The average molecular weight is 190 g/mol. The average Bonchev–Trinajstić information content (AvgIpc) is 2.29. The highest BCUT2D eigenvalue weighted by Gasteiger charge is 2.36. The van der Waals surface area contributed by atoms with Crippen molar-refractivity contribution in [1.29, 1.82) is 0 Å². The highest BCUT2D eigenvalue weighted by Crippen LogP contribution is 2.23. The molecule has 0 bridgehead atoms. The van der Waals surface area contributed by atoms with Crippen LogP contribution in [0.4, 0.5) is 0 Å². The minimum Gasteiger partial charge on any atom is -0.377 e. The zero-order valence-corrected chi connectivity index (χ0v) is 7.59. The van der Waals surface area contributed by atoms with Gasteiger partial charge < -0.3 is 9.64 Å². The first kappa shape index (κ1) is 8.32. The van der Waals surface area contributed by atoms with Crippen molar-refractivity contribution in [2.45, 2.75) is 12.5 Å². The molecule has 0 spiro atoms. The van der Waals surface area contributed by atoms with Gasteiger partial charge in [0.05, 0.1) is 19.3 Å². The lowest BCUT2D eigenvalue weighted by Gasteiger charge is -2.34. The normalized spacial score (nSPS) is 30.9. The number of alkyl halides is 1. The molecule has 0 aromatic rings. The van der Waals surface area contributed by atoms with Gasteiger partial charge in [-0.05, 0) is 5.92 Å². The summed E-state index contributed by atoms with van der Waals surface area (Å²) < 4.78 is 5.04. The maximum absolute atomic E-state index is 11.4. The van der Waals surface area contributed by atoms with Gasteiger partial charge in [0.2, 0.25) is 5.91 Å². The zero-order chi connectivity index (χ0) is 8.55. The van der Waals surface area contributed by atoms with Crippen LogP contribution < -0.4 is 0 Å². The predicted molar refractivity (Wildman–Crippen MR) is 45.1 cm³/mol. The Morgan fingerprint density at radius 2 is 2.33 bits per heavy atom. The van der Waals surface area contributed by atoms with Crippen LogP contribution in [0.5, 0.6) is 0 Å². The van der Waals surface area contributed by atoms with E-state index in [1.165, 1.54) is 0 Å². The van der Waals surface area contributed by atoms with Gasteiger partial charge in [0.1, 0.15) is 0 Å². The molecule has 68 valence electrons. The van der Waals surface area contributed by atoms with E-state index in [9.17, 15) is 4.79 Å². The molecule has 0 aromatic heterocycles. The Balaban J connectivity index is 1.93. The molecule has 0 radical (unpaired) electrons. The molecule has 1 atom stereocenters. The second-order valence-electron chi connectivity index (χ2n) is 3.46. The lowest BCUT2D eigenvalue weighted by atomic mass is 10.1. The molecule has 1 amide bonds. The molecule has 2 aliphatic heterocycles. The van der Waals surface area contributed by atoms with Crippen LogP contribution in [0.25, 0.3) is 0 Å². The first-order chi connectivity index (χ1) is 5.81. The lowest BCUT2D eigenvalue weighted by Crippen LogP contribution is -2.49. The van der Waals surface area contributed by atoms with Crippen molar-refractivity contribution in [1.82, 2.24) is 4.90 Å². The molecule has 0 saturated carbocycles. The molecule has 3 nitrogen and oxygen atoms in total. The summed E-state index contributed by atoms with van der Waals surface area (Å²) in [4.78, 5) is 13.3. The third kappa shape index (κ3) is 1.31. The molecule has 2 fully saturated rings. The van der Waals surface area contributed by atoms with E-state index in [0.29, 0.717) is 37.5 Å². The van der Waals surface area contributed by atoms with E-state index >= 15 is 0 Å². The number of hydrogen-bond donors (Lipinski definition) is 0. The van der Waals surface area contributed by atoms with Crippen LogP contribution in [0, 0.1) is 5.92 Å². The quantitative estimate of drug-likeness (QED) is 0.592. The maximum Gasteiger partial charge on any atom is 0.223 e. The number of carbonyl (C=O) groups excluding carboxylic acids is 1. The summed E-state index contributed by atoms with van der Waals surface area (Å²) in [5.74, 6) is 1.20. The number of ether oxygens (including phenoxy) is 1. The SMILES string of the molecule is O=C1CC(CCl)CN1C1COC1. The van der Waals surface area contributed by atoms with Crippen molar-refractivity contribution < 1.29 is 9.53 Å². The molecular formula is C8H12ClNO2. The van der Waals surface area contributed by atoms with Crippen LogP contribution >= 0.6 is 11.6 Å². The van der Waals surface area contributed by atoms with Gasteiger partial charge >= 0.3 is 0 Å². The van der Waals surface area contributed by atoms with Gasteiger partial charge in [0, 0.05) is 18.8 Å². The summed E-state index contributed by atoms with van der Waals surface area (Å²) in [6.07, 6.45) is 0.625. The highest BCUT2D eigenvalue weighted by molar-refractivity contribution is 6.18. The van der Waals surface area contributed by atoms with Crippen LogP contribution in [-0.4, -0.2) is 42.5 Å². The Kier molecular flexibility index (Phi) is 2.24. The number of halogens is 1. The second-order valence-corrected chi connectivity index (χ2v) is 3.77. The van der Waals surface area contributed by atoms with E-state index in [2.05, 4.69) is 0 Å². The number of amides is 1. The molecule has 2 rings (SSSR count). The first-order valence-corrected chi connectivity index (χ1v) is 4.78. The first-order valence-electron chi connectivity index (χ1n) is 4.24. The lowest BCUT2D eigenvalue weighted by molar-refractivity contribution is -0.139. The molecular weight excluding hydrogens is 178 g/mol. The maximum atomic E-state index is 11.4. The Labute approximate surface area is 76.6 Å². The van der Waals surface area contributed by atoms with Crippen molar-refractivity contribution in [3.63, 3.8) is 0 Å². The smallest absolute Gasteiger partial charge is 0.223 e. The van der Waals surface area contributed by atoms with Crippen molar-refractivity contribution in [3.05, 3.63) is 0 Å². The Bertz CT molecular complexity index is 193. The fourth-order valence-corrected chi connectivity index (χ4v) is 1.87. The summed E-state index contributed by atoms with van der Waals surface area (Å²) in [7, 11) is 0. The van der Waals surface area contributed by atoms with E-state index < -0.39 is 0 Å². The van der Waals surface area contributed by atoms with Gasteiger partial charge in [0.25, 0.3) is 0 Å². The van der Waals surface area contributed by atoms with E-state index in [0.717, 1.165) is 6.54 Å². The summed E-state index contributed by atoms with van der Waals surface area (Å²) in [6.45, 7) is 2.25. The van der Waals surface area contributed by atoms with Gasteiger partial charge in [0.15, 0.2) is 0 Å². The fraction of sp³-hybridized carbons (Fsp3) is 0.875. The van der Waals surface area contributed by atoms with Gasteiger partial charge in [-0.1, -0.05) is 0 Å². The van der Waals surface area contributed by atoms with Crippen molar-refractivity contribution in [3.8, 4) is 0 Å². The zero-order valence-electron chi connectivity index (χ0n) is 6.83. The Morgan fingerprint density at radius 1 is 1.58 bits per heavy atom. The van der Waals surface area contributed by atoms with E-state index in [4.69, 9.17) is 16.3 Å². The van der Waals surface area contributed by atoms with Gasteiger partial charge in [-0.2, -0.15) is 0 Å². The molecule has 2 heterocycles. The van der Waals surface area contributed by atoms with Crippen molar-refractivity contribution >= 4 is 17.5 Å². The minimum absolute atomic E-state index is 0.244. The van der Waals surface area contributed by atoms with Crippen LogP contribution in [0.3, 0.4) is 0 Å². The molecule has 0 aromatic carbocycles. The molecule has 12 heavy (non-hydrogen) atoms. The van der Waals surface area contributed by atoms with Gasteiger partial charge in [-0.25, -0.2) is 0 Å². The molecule has 0 aliphatic carbocycles. The van der Waals surface area contributed by atoms with Gasteiger partial charge in [-0.15, -0.1) is 11.6 Å². The fourth-order valence-electron chi connectivity index (χ4n) is 1.67. The number of rotatable bonds is 2. The number of nitrogens with zero attached hydrogens (tertiary/aromatic N) is 1. The topological polar surface area (TPSA) is 29.5 Å². The third-order valence-corrected chi connectivity index (χ3v) is 2.95. The third-order valence-electron chi connectivity index (χ3n) is 2.52. The number of carbonyl (C=O) groups is 1. The monoisotopic (exact) mass is 189 g/mol. The molecule has 1 unspecified atom stereocenters. The summed E-state index contributed by atoms with van der Waals surface area (Å²) in [5.41, 5.74) is 0.